The van der Waals surface area contributed by atoms with Crippen LogP contribution in [-0.4, -0.2) is 82.1 Å². The second-order valence-corrected chi connectivity index (χ2v) is 11.9. The van der Waals surface area contributed by atoms with Crippen molar-refractivity contribution < 1.29 is 0 Å². The van der Waals surface area contributed by atoms with Crippen LogP contribution in [0.3, 0.4) is 0 Å². The molecule has 0 radical (unpaired) electrons. The summed E-state index contributed by atoms with van der Waals surface area (Å²) in [6.45, 7) is 26.7. The summed E-state index contributed by atoms with van der Waals surface area (Å²) in [5.74, 6) is 2.89. The fourth-order valence-corrected chi connectivity index (χ4v) is 9.76. The van der Waals surface area contributed by atoms with Crippen LogP contribution in [0.1, 0.15) is 55.4 Å². The number of thioether (sulfide) groups is 4. The van der Waals surface area contributed by atoms with Gasteiger partial charge in [0.15, 0.2) is 0 Å². The Morgan fingerprint density at radius 1 is 0.467 bits per heavy atom. The summed E-state index contributed by atoms with van der Waals surface area (Å²) >= 11 is 8.15. The van der Waals surface area contributed by atoms with Gasteiger partial charge in [-0.25, -0.2) is 0 Å². The molecule has 176 valence electrons. The maximum atomic E-state index is 2.53. The fourth-order valence-electron chi connectivity index (χ4n) is 3.62. The van der Waals surface area contributed by atoms with Gasteiger partial charge in [0, 0.05) is 62.5 Å². The molecule has 0 saturated carbocycles. The van der Waals surface area contributed by atoms with E-state index in [1.165, 1.54) is 20.1 Å². The lowest BCUT2D eigenvalue weighted by Crippen LogP contribution is -2.36. The number of nitrogens with zero attached hydrogens (tertiary/aromatic N) is 4. The van der Waals surface area contributed by atoms with E-state index in [4.69, 9.17) is 0 Å². The Morgan fingerprint density at radius 3 is 0.833 bits per heavy atom. The molecule has 0 amide bonds. The lowest BCUT2D eigenvalue weighted by atomic mass is 10.4. The van der Waals surface area contributed by atoms with Crippen molar-refractivity contribution >= 4 is 47.0 Å². The van der Waals surface area contributed by atoms with Crippen molar-refractivity contribution in [3.8, 4) is 0 Å². The summed E-state index contributed by atoms with van der Waals surface area (Å²) in [5, 5.41) is 2.14. The highest BCUT2D eigenvalue weighted by Crippen LogP contribution is 2.47. The van der Waals surface area contributed by atoms with E-state index < -0.39 is 0 Å². The summed E-state index contributed by atoms with van der Waals surface area (Å²) in [5.41, 5.74) is 0. The van der Waals surface area contributed by atoms with Crippen molar-refractivity contribution in [2.75, 3.05) is 62.5 Å². The normalized spacial score (nSPS) is 14.8. The van der Waals surface area contributed by atoms with Crippen LogP contribution in [0.15, 0.2) is 20.1 Å². The molecule has 1 heterocycles. The molecule has 0 unspecified atom stereocenters. The van der Waals surface area contributed by atoms with Gasteiger partial charge in [0.1, 0.15) is 11.6 Å². The third-order valence-electron chi connectivity index (χ3n) is 5.38. The predicted molar refractivity (Wildman–Crippen MR) is 146 cm³/mol. The van der Waals surface area contributed by atoms with E-state index in [1.807, 2.05) is 47.0 Å². The third-order valence-corrected chi connectivity index (χ3v) is 10.5. The molecule has 30 heavy (non-hydrogen) atoms. The second-order valence-electron chi connectivity index (χ2n) is 6.72. The van der Waals surface area contributed by atoms with Crippen LogP contribution in [0.25, 0.3) is 0 Å². The lowest BCUT2D eigenvalue weighted by Gasteiger charge is -2.37. The maximum absolute atomic E-state index is 2.53. The number of rotatable bonds is 12. The molecular formula is C22H44N4S4. The van der Waals surface area contributed by atoms with Crippen LogP contribution in [0.2, 0.25) is 0 Å². The third kappa shape index (κ3) is 7.59. The molecule has 1 rings (SSSR count). The van der Waals surface area contributed by atoms with E-state index >= 15 is 0 Å². The van der Waals surface area contributed by atoms with Gasteiger partial charge in [0.2, 0.25) is 0 Å². The molecule has 1 fully saturated rings. The molecule has 0 aromatic heterocycles. The van der Waals surface area contributed by atoms with E-state index in [0.717, 1.165) is 62.5 Å². The Bertz CT molecular complexity index is 449. The highest BCUT2D eigenvalue weighted by atomic mass is 32.3. The minimum Gasteiger partial charge on any atom is -0.357 e. The van der Waals surface area contributed by atoms with Gasteiger partial charge in [-0.1, -0.05) is 0 Å². The molecule has 0 N–H and O–H groups in total. The maximum Gasteiger partial charge on any atom is 0.125 e. The molecule has 1 aliphatic rings. The zero-order chi connectivity index (χ0) is 22.5. The predicted octanol–water partition coefficient (Wildman–Crippen LogP) is 6.47. The minimum absolute atomic E-state index is 1.06. The molecule has 0 spiro atoms. The Morgan fingerprint density at radius 2 is 0.667 bits per heavy atom. The molecular weight excluding hydrogens is 449 g/mol. The van der Waals surface area contributed by atoms with Gasteiger partial charge in [-0.05, 0) is 55.4 Å². The lowest BCUT2D eigenvalue weighted by molar-refractivity contribution is 0.235. The molecule has 0 aromatic carbocycles. The molecule has 4 nitrogen and oxygen atoms in total. The van der Waals surface area contributed by atoms with E-state index in [2.05, 4.69) is 75.0 Å². The van der Waals surface area contributed by atoms with Crippen LogP contribution in [0.5, 0.6) is 0 Å². The Balaban J connectivity index is 3.23. The molecule has 1 aliphatic heterocycles. The van der Waals surface area contributed by atoms with Crippen molar-refractivity contribution in [3.05, 3.63) is 20.1 Å². The van der Waals surface area contributed by atoms with Crippen LogP contribution >= 0.6 is 47.0 Å². The van der Waals surface area contributed by atoms with Crippen molar-refractivity contribution in [1.82, 2.24) is 19.6 Å². The van der Waals surface area contributed by atoms with Crippen molar-refractivity contribution in [1.29, 1.82) is 0 Å². The van der Waals surface area contributed by atoms with E-state index in [0.29, 0.717) is 0 Å². The van der Waals surface area contributed by atoms with E-state index in [1.54, 1.807) is 0 Å². The van der Waals surface area contributed by atoms with Crippen LogP contribution < -0.4 is 0 Å². The first-order valence-electron chi connectivity index (χ1n) is 11.6. The van der Waals surface area contributed by atoms with Gasteiger partial charge < -0.3 is 19.6 Å². The van der Waals surface area contributed by atoms with Gasteiger partial charge in [-0.2, -0.15) is 0 Å². The molecule has 1 saturated heterocycles. The highest BCUT2D eigenvalue weighted by Gasteiger charge is 2.24. The zero-order valence-electron chi connectivity index (χ0n) is 20.5. The highest BCUT2D eigenvalue weighted by molar-refractivity contribution is 8.37. The Labute approximate surface area is 204 Å². The van der Waals surface area contributed by atoms with Crippen molar-refractivity contribution in [2.24, 2.45) is 0 Å². The average Bonchev–Trinajstić information content (AvgIpc) is 2.75. The van der Waals surface area contributed by atoms with Gasteiger partial charge in [0.05, 0.1) is 8.47 Å². The molecule has 8 heteroatoms. The summed E-state index contributed by atoms with van der Waals surface area (Å²) < 4.78 is 2.99. The largest absolute Gasteiger partial charge is 0.357 e. The van der Waals surface area contributed by atoms with Crippen LogP contribution in [0, 0.1) is 0 Å². The van der Waals surface area contributed by atoms with Crippen LogP contribution in [-0.2, 0) is 0 Å². The SMILES string of the molecule is CCN(CC)C(=C1SCSC(=C(N(CC)CC)N(CC)CC)SCS1)N(CC)CC. The summed E-state index contributed by atoms with van der Waals surface area (Å²) in [6.07, 6.45) is 0. The van der Waals surface area contributed by atoms with E-state index in [9.17, 15) is 0 Å². The van der Waals surface area contributed by atoms with Gasteiger partial charge in [-0.15, -0.1) is 47.0 Å². The topological polar surface area (TPSA) is 13.0 Å². The minimum atomic E-state index is 1.06. The van der Waals surface area contributed by atoms with Gasteiger partial charge >= 0.3 is 0 Å². The smallest absolute Gasteiger partial charge is 0.125 e. The monoisotopic (exact) mass is 492 g/mol. The zero-order valence-corrected chi connectivity index (χ0v) is 23.8. The molecule has 0 atom stereocenters. The standard InChI is InChI=1S/C22H44N4S4/c1-9-23(10-2)19(24(11-3)12-4)21-27-17-29-22(30-18-28-21)20(25(13-5)14-6)26(15-7)16-8/h9-18H2,1-8H3. The quantitative estimate of drug-likeness (QED) is 0.303. The average molecular weight is 493 g/mol. The Kier molecular flexibility index (Phi) is 14.8. The summed E-state index contributed by atoms with van der Waals surface area (Å²) in [7, 11) is 0. The van der Waals surface area contributed by atoms with Crippen LogP contribution in [0.4, 0.5) is 0 Å². The van der Waals surface area contributed by atoms with Crippen molar-refractivity contribution in [3.63, 3.8) is 0 Å². The number of hydrogen-bond acceptors (Lipinski definition) is 8. The first-order chi connectivity index (χ1) is 14.6. The second kappa shape index (κ2) is 15.8. The van der Waals surface area contributed by atoms with Crippen molar-refractivity contribution in [2.45, 2.75) is 55.4 Å². The summed E-state index contributed by atoms with van der Waals surface area (Å²) in [4.78, 5) is 10.1. The molecule has 0 aromatic rings. The van der Waals surface area contributed by atoms with Gasteiger partial charge in [-0.3, -0.25) is 0 Å². The summed E-state index contributed by atoms with van der Waals surface area (Å²) in [6, 6.07) is 0. The molecule has 0 aliphatic carbocycles. The Hall–Kier alpha value is 0.0800. The fraction of sp³-hybridized carbons (Fsp3) is 0.818. The van der Waals surface area contributed by atoms with E-state index in [-0.39, 0.29) is 0 Å². The first kappa shape index (κ1) is 28.1. The van der Waals surface area contributed by atoms with Gasteiger partial charge in [0.25, 0.3) is 0 Å². The first-order valence-corrected chi connectivity index (χ1v) is 15.5. The number of hydrogen-bond donors (Lipinski definition) is 0. The molecule has 0 bridgehead atoms.